The molecule has 0 radical (unpaired) electrons. The molecule has 0 bridgehead atoms. The van der Waals surface area contributed by atoms with Gasteiger partial charge in [-0.2, -0.15) is 12.7 Å². The summed E-state index contributed by atoms with van der Waals surface area (Å²) in [5.74, 6) is -1.14. The van der Waals surface area contributed by atoms with Crippen LogP contribution in [0, 0.1) is 6.92 Å². The summed E-state index contributed by atoms with van der Waals surface area (Å²) < 4.78 is 33.0. The number of carboxylic acid groups (broad SMARTS) is 1. The van der Waals surface area contributed by atoms with Gasteiger partial charge in [-0.3, -0.25) is 0 Å². The van der Waals surface area contributed by atoms with Crippen molar-refractivity contribution in [2.45, 2.75) is 25.5 Å². The molecule has 2 heterocycles. The third-order valence-corrected chi connectivity index (χ3v) is 6.21. The molecule has 2 aliphatic rings. The molecule has 1 unspecified atom stereocenters. The predicted octanol–water partition coefficient (Wildman–Crippen LogP) is 0.386. The zero-order valence-corrected chi connectivity index (χ0v) is 13.2. The Labute approximate surface area is 129 Å². The number of fused-ring (bicyclic) bond motifs is 1. The Bertz CT molecular complexity index is 712. The van der Waals surface area contributed by atoms with E-state index in [1.807, 2.05) is 13.0 Å². The number of hydrogen-bond donors (Lipinski definition) is 1. The van der Waals surface area contributed by atoms with Crippen molar-refractivity contribution in [3.05, 3.63) is 29.3 Å². The minimum Gasteiger partial charge on any atom is -0.480 e. The molecule has 7 nitrogen and oxygen atoms in total. The van der Waals surface area contributed by atoms with Gasteiger partial charge in [0.2, 0.25) is 0 Å². The second-order valence-corrected chi connectivity index (χ2v) is 7.41. The predicted molar refractivity (Wildman–Crippen MR) is 80.1 cm³/mol. The molecule has 8 heteroatoms. The molecule has 1 aromatic rings. The van der Waals surface area contributed by atoms with Gasteiger partial charge in [-0.15, -0.1) is 0 Å². The Morgan fingerprint density at radius 3 is 2.64 bits per heavy atom. The maximum atomic E-state index is 12.8. The lowest BCUT2D eigenvalue weighted by Crippen LogP contribution is -2.60. The molecule has 1 aromatic carbocycles. The normalized spacial score (nSPS) is 22.5. The molecule has 3 rings (SSSR count). The number of aryl methyl sites for hydroxylation is 1. The molecule has 1 atom stereocenters. The van der Waals surface area contributed by atoms with E-state index in [1.165, 1.54) is 11.4 Å². The van der Waals surface area contributed by atoms with Crippen LogP contribution < -0.4 is 4.31 Å². The van der Waals surface area contributed by atoms with Gasteiger partial charge >= 0.3 is 16.2 Å². The molecular formula is C14H18N2O5S. The molecule has 0 aromatic heterocycles. The topological polar surface area (TPSA) is 87.2 Å². The maximum Gasteiger partial charge on any atom is 0.327 e. The second-order valence-electron chi connectivity index (χ2n) is 5.61. The average Bonchev–Trinajstić information content (AvgIpc) is 2.79. The molecule has 0 aliphatic carbocycles. The fourth-order valence-electron chi connectivity index (χ4n) is 2.94. The standard InChI is InChI=1S/C14H18N2O5S/c1-9-4-3-5-12-11(9)6-13(14(17)18)16(12)22(19,20)15-7-10(8-15)21-2/h3-5,10,13H,6-8H2,1-2H3,(H,17,18). The first-order valence-corrected chi connectivity index (χ1v) is 8.39. The minimum atomic E-state index is -3.86. The van der Waals surface area contributed by atoms with Crippen LogP contribution in [0.25, 0.3) is 0 Å². The first-order valence-electron chi connectivity index (χ1n) is 7.00. The number of benzene rings is 1. The van der Waals surface area contributed by atoms with E-state index in [0.29, 0.717) is 5.69 Å². The highest BCUT2D eigenvalue weighted by Crippen LogP contribution is 2.38. The van der Waals surface area contributed by atoms with Gasteiger partial charge in [0.1, 0.15) is 6.04 Å². The van der Waals surface area contributed by atoms with Crippen molar-refractivity contribution >= 4 is 21.9 Å². The minimum absolute atomic E-state index is 0.127. The number of nitrogens with zero attached hydrogens (tertiary/aromatic N) is 2. The molecule has 22 heavy (non-hydrogen) atoms. The van der Waals surface area contributed by atoms with Crippen LogP contribution in [0.3, 0.4) is 0 Å². The van der Waals surface area contributed by atoms with Crippen LogP contribution in [0.4, 0.5) is 5.69 Å². The first kappa shape index (κ1) is 15.3. The number of rotatable bonds is 4. The Morgan fingerprint density at radius 2 is 2.05 bits per heavy atom. The van der Waals surface area contributed by atoms with E-state index in [2.05, 4.69) is 0 Å². The fourth-order valence-corrected chi connectivity index (χ4v) is 4.80. The quantitative estimate of drug-likeness (QED) is 0.865. The first-order chi connectivity index (χ1) is 10.4. The SMILES string of the molecule is COC1CN(S(=O)(=O)N2c3cccc(C)c3CC2C(=O)O)C1. The molecule has 2 aliphatic heterocycles. The summed E-state index contributed by atoms with van der Waals surface area (Å²) in [4.78, 5) is 11.5. The second kappa shape index (κ2) is 5.22. The van der Waals surface area contributed by atoms with Gasteiger partial charge in [0.05, 0.1) is 11.8 Å². The van der Waals surface area contributed by atoms with Crippen LogP contribution in [0.5, 0.6) is 0 Å². The Hall–Kier alpha value is -1.64. The molecule has 0 saturated carbocycles. The molecule has 1 saturated heterocycles. The van der Waals surface area contributed by atoms with Crippen molar-refractivity contribution in [1.82, 2.24) is 4.31 Å². The van der Waals surface area contributed by atoms with E-state index < -0.39 is 22.2 Å². The monoisotopic (exact) mass is 326 g/mol. The summed E-state index contributed by atoms with van der Waals surface area (Å²) >= 11 is 0. The Balaban J connectivity index is 2.00. The van der Waals surface area contributed by atoms with E-state index >= 15 is 0 Å². The molecule has 120 valence electrons. The van der Waals surface area contributed by atoms with Gasteiger partial charge in [0.15, 0.2) is 0 Å². The van der Waals surface area contributed by atoms with Gasteiger partial charge in [0.25, 0.3) is 0 Å². The van der Waals surface area contributed by atoms with E-state index in [-0.39, 0.29) is 25.6 Å². The van der Waals surface area contributed by atoms with Crippen LogP contribution in [-0.2, 0) is 26.2 Å². The molecule has 1 N–H and O–H groups in total. The lowest BCUT2D eigenvalue weighted by molar-refractivity contribution is -0.138. The highest BCUT2D eigenvalue weighted by atomic mass is 32.2. The number of hydrogen-bond acceptors (Lipinski definition) is 4. The number of ether oxygens (including phenoxy) is 1. The lowest BCUT2D eigenvalue weighted by atomic mass is 10.0. The van der Waals surface area contributed by atoms with Gasteiger partial charge < -0.3 is 9.84 Å². The van der Waals surface area contributed by atoms with Crippen molar-refractivity contribution < 1.29 is 23.1 Å². The third kappa shape index (κ3) is 2.18. The Morgan fingerprint density at radius 1 is 1.36 bits per heavy atom. The van der Waals surface area contributed by atoms with Crippen molar-refractivity contribution in [1.29, 1.82) is 0 Å². The van der Waals surface area contributed by atoms with Crippen LogP contribution >= 0.6 is 0 Å². The summed E-state index contributed by atoms with van der Waals surface area (Å²) in [6, 6.07) is 4.17. The van der Waals surface area contributed by atoms with Crippen molar-refractivity contribution in [2.24, 2.45) is 0 Å². The van der Waals surface area contributed by atoms with Gasteiger partial charge in [-0.25, -0.2) is 9.10 Å². The maximum absolute atomic E-state index is 12.8. The van der Waals surface area contributed by atoms with E-state index in [1.54, 1.807) is 12.1 Å². The Kier molecular flexibility index (Phi) is 3.62. The highest BCUT2D eigenvalue weighted by molar-refractivity contribution is 7.90. The summed E-state index contributed by atoms with van der Waals surface area (Å²) in [5, 5.41) is 9.43. The molecule has 0 spiro atoms. The molecule has 1 fully saturated rings. The summed E-state index contributed by atoms with van der Waals surface area (Å²) in [6.45, 7) is 2.37. The largest absolute Gasteiger partial charge is 0.480 e. The number of carboxylic acids is 1. The zero-order chi connectivity index (χ0) is 16.1. The lowest BCUT2D eigenvalue weighted by Gasteiger charge is -2.40. The average molecular weight is 326 g/mol. The van der Waals surface area contributed by atoms with Crippen molar-refractivity contribution in [3.8, 4) is 0 Å². The van der Waals surface area contributed by atoms with Crippen LogP contribution in [0.15, 0.2) is 18.2 Å². The van der Waals surface area contributed by atoms with Gasteiger partial charge in [-0.05, 0) is 24.1 Å². The highest BCUT2D eigenvalue weighted by Gasteiger charge is 2.47. The summed E-state index contributed by atoms with van der Waals surface area (Å²) in [6.07, 6.45) is 0.0654. The van der Waals surface area contributed by atoms with Crippen molar-refractivity contribution in [3.63, 3.8) is 0 Å². The van der Waals surface area contributed by atoms with Crippen LogP contribution in [0.2, 0.25) is 0 Å². The summed E-state index contributed by atoms with van der Waals surface area (Å²) in [7, 11) is -2.33. The number of carbonyl (C=O) groups is 1. The fraction of sp³-hybridized carbons (Fsp3) is 0.500. The van der Waals surface area contributed by atoms with Crippen LogP contribution in [-0.4, -0.2) is 56.1 Å². The molecule has 0 amide bonds. The third-order valence-electron chi connectivity index (χ3n) is 4.31. The smallest absolute Gasteiger partial charge is 0.327 e. The summed E-state index contributed by atoms with van der Waals surface area (Å²) in [5.41, 5.74) is 2.15. The van der Waals surface area contributed by atoms with Crippen molar-refractivity contribution in [2.75, 3.05) is 24.5 Å². The molecular weight excluding hydrogens is 308 g/mol. The van der Waals surface area contributed by atoms with E-state index in [4.69, 9.17) is 4.74 Å². The van der Waals surface area contributed by atoms with E-state index in [9.17, 15) is 18.3 Å². The van der Waals surface area contributed by atoms with Gasteiger partial charge in [0, 0.05) is 26.6 Å². The number of methoxy groups -OCH3 is 1. The zero-order valence-electron chi connectivity index (χ0n) is 12.4. The van der Waals surface area contributed by atoms with Gasteiger partial charge in [-0.1, -0.05) is 12.1 Å². The number of aliphatic carboxylic acids is 1. The van der Waals surface area contributed by atoms with E-state index in [0.717, 1.165) is 15.4 Å². The number of anilines is 1. The van der Waals surface area contributed by atoms with Crippen LogP contribution in [0.1, 0.15) is 11.1 Å².